The van der Waals surface area contributed by atoms with E-state index in [1.165, 1.54) is 4.90 Å². The molecule has 0 N–H and O–H groups in total. The van der Waals surface area contributed by atoms with Crippen molar-refractivity contribution in [2.45, 2.75) is 20.3 Å². The van der Waals surface area contributed by atoms with Crippen molar-refractivity contribution < 1.29 is 9.59 Å². The summed E-state index contributed by atoms with van der Waals surface area (Å²) in [4.78, 5) is 26.4. The Morgan fingerprint density at radius 3 is 2.68 bits per heavy atom. The first kappa shape index (κ1) is 12.2. The molecule has 0 bridgehead atoms. The molecule has 1 heterocycles. The van der Waals surface area contributed by atoms with Crippen molar-refractivity contribution in [2.24, 2.45) is 17.8 Å². The van der Waals surface area contributed by atoms with Crippen LogP contribution in [0.15, 0.2) is 36.4 Å². The highest BCUT2D eigenvalue weighted by atomic mass is 16.2. The Bertz CT molecular complexity index is 576. The van der Waals surface area contributed by atoms with E-state index in [1.807, 2.05) is 50.3 Å². The summed E-state index contributed by atoms with van der Waals surface area (Å²) in [5.74, 6) is -0.301. The van der Waals surface area contributed by atoms with E-state index in [-0.39, 0.29) is 29.6 Å². The molecular formula is C16H17NO2. The topological polar surface area (TPSA) is 37.4 Å². The number of allylic oxidation sites excluding steroid dienone is 2. The van der Waals surface area contributed by atoms with Crippen molar-refractivity contribution in [3.05, 3.63) is 42.0 Å². The monoisotopic (exact) mass is 255 g/mol. The van der Waals surface area contributed by atoms with Gasteiger partial charge in [-0.05, 0) is 37.0 Å². The first-order chi connectivity index (χ1) is 9.09. The van der Waals surface area contributed by atoms with Crippen LogP contribution >= 0.6 is 0 Å². The van der Waals surface area contributed by atoms with Crippen LogP contribution in [0.4, 0.5) is 5.69 Å². The van der Waals surface area contributed by atoms with Gasteiger partial charge in [-0.15, -0.1) is 0 Å². The van der Waals surface area contributed by atoms with Gasteiger partial charge in [0.15, 0.2) is 0 Å². The number of rotatable bonds is 1. The lowest BCUT2D eigenvalue weighted by Gasteiger charge is -2.22. The van der Waals surface area contributed by atoms with Crippen molar-refractivity contribution in [3.8, 4) is 0 Å². The number of fused-ring (bicyclic) bond motifs is 1. The van der Waals surface area contributed by atoms with E-state index in [1.54, 1.807) is 0 Å². The van der Waals surface area contributed by atoms with Gasteiger partial charge < -0.3 is 0 Å². The smallest absolute Gasteiger partial charge is 0.238 e. The minimum atomic E-state index is -0.182. The zero-order valence-electron chi connectivity index (χ0n) is 11.2. The quantitative estimate of drug-likeness (QED) is 0.571. The predicted octanol–water partition coefficient (Wildman–Crippen LogP) is 2.70. The lowest BCUT2D eigenvalue weighted by molar-refractivity contribution is -0.122. The van der Waals surface area contributed by atoms with E-state index < -0.39 is 0 Å². The molecule has 1 fully saturated rings. The molecule has 3 rings (SSSR count). The van der Waals surface area contributed by atoms with Gasteiger partial charge in [-0.3, -0.25) is 14.5 Å². The van der Waals surface area contributed by atoms with Crippen molar-refractivity contribution in [1.82, 2.24) is 0 Å². The van der Waals surface area contributed by atoms with Gasteiger partial charge in [0.05, 0.1) is 17.5 Å². The summed E-state index contributed by atoms with van der Waals surface area (Å²) in [6.07, 6.45) is 4.75. The molecule has 19 heavy (non-hydrogen) atoms. The maximum absolute atomic E-state index is 12.5. The molecule has 3 atom stereocenters. The number of benzene rings is 1. The minimum Gasteiger partial charge on any atom is -0.274 e. The average Bonchev–Trinajstić information content (AvgIpc) is 2.63. The Morgan fingerprint density at radius 1 is 1.21 bits per heavy atom. The lowest BCUT2D eigenvalue weighted by Crippen LogP contribution is -2.31. The Morgan fingerprint density at radius 2 is 2.00 bits per heavy atom. The van der Waals surface area contributed by atoms with Crippen LogP contribution in [0.25, 0.3) is 0 Å². The third-order valence-corrected chi connectivity index (χ3v) is 4.13. The molecule has 1 aliphatic heterocycles. The highest BCUT2D eigenvalue weighted by molar-refractivity contribution is 6.22. The van der Waals surface area contributed by atoms with Crippen LogP contribution in [-0.2, 0) is 9.59 Å². The number of aryl methyl sites for hydroxylation is 1. The van der Waals surface area contributed by atoms with Gasteiger partial charge in [-0.2, -0.15) is 0 Å². The summed E-state index contributed by atoms with van der Waals surface area (Å²) in [5.41, 5.74) is 1.76. The summed E-state index contributed by atoms with van der Waals surface area (Å²) in [6, 6.07) is 7.57. The van der Waals surface area contributed by atoms with Crippen LogP contribution in [-0.4, -0.2) is 11.8 Å². The van der Waals surface area contributed by atoms with Crippen molar-refractivity contribution in [2.75, 3.05) is 4.90 Å². The molecule has 0 spiro atoms. The van der Waals surface area contributed by atoms with Gasteiger partial charge in [-0.25, -0.2) is 0 Å². The SMILES string of the molecule is Cc1cccc(N2C(=O)[C@H]3[C@H](C)C=CC[C@H]3C2=O)c1. The van der Waals surface area contributed by atoms with Crippen LogP contribution in [0, 0.1) is 24.7 Å². The Balaban J connectivity index is 2.01. The van der Waals surface area contributed by atoms with Gasteiger partial charge in [-0.1, -0.05) is 31.2 Å². The Labute approximate surface area is 112 Å². The summed E-state index contributed by atoms with van der Waals surface area (Å²) < 4.78 is 0. The molecule has 1 saturated heterocycles. The van der Waals surface area contributed by atoms with Crippen LogP contribution in [0.3, 0.4) is 0 Å². The number of hydrogen-bond acceptors (Lipinski definition) is 2. The summed E-state index contributed by atoms with van der Waals surface area (Å²) in [5, 5.41) is 0. The number of hydrogen-bond donors (Lipinski definition) is 0. The maximum Gasteiger partial charge on any atom is 0.238 e. The number of carbonyl (C=O) groups is 2. The van der Waals surface area contributed by atoms with Gasteiger partial charge in [0.25, 0.3) is 0 Å². The van der Waals surface area contributed by atoms with Gasteiger partial charge in [0, 0.05) is 0 Å². The van der Waals surface area contributed by atoms with Crippen molar-refractivity contribution >= 4 is 17.5 Å². The van der Waals surface area contributed by atoms with E-state index in [0.717, 1.165) is 5.56 Å². The van der Waals surface area contributed by atoms with Gasteiger partial charge in [0.1, 0.15) is 0 Å². The third-order valence-electron chi connectivity index (χ3n) is 4.13. The fourth-order valence-electron chi connectivity index (χ4n) is 3.17. The second kappa shape index (κ2) is 4.34. The molecule has 3 nitrogen and oxygen atoms in total. The largest absolute Gasteiger partial charge is 0.274 e. The Kier molecular flexibility index (Phi) is 2.77. The van der Waals surface area contributed by atoms with E-state index in [2.05, 4.69) is 0 Å². The number of nitrogens with zero attached hydrogens (tertiary/aromatic N) is 1. The standard InChI is InChI=1S/C16H17NO2/c1-10-5-3-7-12(9-10)17-15(18)13-8-4-6-11(2)14(13)16(17)19/h3-7,9,11,13-14H,8H2,1-2H3/t11-,13-,14+/m1/s1. The summed E-state index contributed by atoms with van der Waals surface area (Å²) in [6.45, 7) is 3.98. The average molecular weight is 255 g/mol. The second-order valence-corrected chi connectivity index (χ2v) is 5.51. The molecule has 3 heteroatoms. The number of imide groups is 1. The molecule has 1 aliphatic carbocycles. The minimum absolute atomic E-state index is 0.0440. The predicted molar refractivity (Wildman–Crippen MR) is 73.6 cm³/mol. The molecule has 0 unspecified atom stereocenters. The molecular weight excluding hydrogens is 238 g/mol. The van der Waals surface area contributed by atoms with E-state index in [0.29, 0.717) is 12.1 Å². The molecule has 1 aromatic rings. The molecule has 1 aromatic carbocycles. The first-order valence-corrected chi connectivity index (χ1v) is 6.70. The van der Waals surface area contributed by atoms with Crippen molar-refractivity contribution in [3.63, 3.8) is 0 Å². The fraction of sp³-hybridized carbons (Fsp3) is 0.375. The van der Waals surface area contributed by atoms with Gasteiger partial charge >= 0.3 is 0 Å². The fourth-order valence-corrected chi connectivity index (χ4v) is 3.17. The van der Waals surface area contributed by atoms with E-state index >= 15 is 0 Å². The first-order valence-electron chi connectivity index (χ1n) is 6.70. The van der Waals surface area contributed by atoms with Crippen LogP contribution in [0.2, 0.25) is 0 Å². The highest BCUT2D eigenvalue weighted by Crippen LogP contribution is 2.40. The number of carbonyl (C=O) groups excluding carboxylic acids is 2. The third kappa shape index (κ3) is 1.81. The molecule has 98 valence electrons. The molecule has 2 amide bonds. The van der Waals surface area contributed by atoms with Crippen LogP contribution in [0.5, 0.6) is 0 Å². The summed E-state index contributed by atoms with van der Waals surface area (Å²) >= 11 is 0. The highest BCUT2D eigenvalue weighted by Gasteiger charge is 2.50. The summed E-state index contributed by atoms with van der Waals surface area (Å²) in [7, 11) is 0. The molecule has 0 saturated carbocycles. The Hall–Kier alpha value is -1.90. The number of anilines is 1. The van der Waals surface area contributed by atoms with E-state index in [4.69, 9.17) is 0 Å². The van der Waals surface area contributed by atoms with Gasteiger partial charge in [0.2, 0.25) is 11.8 Å². The normalized spacial score (nSPS) is 29.8. The maximum atomic E-state index is 12.5. The zero-order valence-corrected chi connectivity index (χ0v) is 11.2. The lowest BCUT2D eigenvalue weighted by atomic mass is 9.78. The number of amides is 2. The van der Waals surface area contributed by atoms with E-state index in [9.17, 15) is 9.59 Å². The second-order valence-electron chi connectivity index (χ2n) is 5.51. The zero-order chi connectivity index (χ0) is 13.6. The van der Waals surface area contributed by atoms with Crippen LogP contribution in [0.1, 0.15) is 18.9 Å². The van der Waals surface area contributed by atoms with Crippen LogP contribution < -0.4 is 4.90 Å². The molecule has 2 aliphatic rings. The molecule has 0 aromatic heterocycles. The van der Waals surface area contributed by atoms with Crippen molar-refractivity contribution in [1.29, 1.82) is 0 Å². The molecule has 0 radical (unpaired) electrons.